The van der Waals surface area contributed by atoms with E-state index in [9.17, 15) is 26.6 Å². The fourth-order valence-electron chi connectivity index (χ4n) is 2.30. The summed E-state index contributed by atoms with van der Waals surface area (Å²) in [4.78, 5) is 6.33. The first kappa shape index (κ1) is 17.0. The van der Waals surface area contributed by atoms with Crippen molar-refractivity contribution in [2.75, 3.05) is 0 Å². The molecule has 0 fully saturated rings. The molecule has 0 spiro atoms. The zero-order chi connectivity index (χ0) is 17.4. The van der Waals surface area contributed by atoms with Crippen molar-refractivity contribution < 1.29 is 36.5 Å². The third kappa shape index (κ3) is 2.69. The molecule has 124 valence electrons. The minimum absolute atomic E-state index is 0.163. The second-order valence-electron chi connectivity index (χ2n) is 5.26. The van der Waals surface area contributed by atoms with Crippen LogP contribution in [-0.4, -0.2) is 0 Å². The highest BCUT2D eigenvalue weighted by atomic mass is 19.3. The van der Waals surface area contributed by atoms with Crippen LogP contribution in [0.25, 0.3) is 0 Å². The Kier molecular flexibility index (Phi) is 4.44. The smallest absolute Gasteiger partial charge is 0.249 e. The second-order valence-corrected chi connectivity index (χ2v) is 5.26. The normalized spacial score (nSPS) is 11.5. The SMILES string of the molecule is CC(C)(c1ccc(OF)cc1)c1c(F)c(F)c(OF)c(F)c1F. The first-order chi connectivity index (χ1) is 10.8. The summed E-state index contributed by atoms with van der Waals surface area (Å²) in [6.07, 6.45) is 0. The van der Waals surface area contributed by atoms with Gasteiger partial charge in [-0.2, -0.15) is 8.78 Å². The van der Waals surface area contributed by atoms with E-state index in [4.69, 9.17) is 0 Å². The van der Waals surface area contributed by atoms with Gasteiger partial charge in [-0.3, -0.25) is 9.88 Å². The van der Waals surface area contributed by atoms with Crippen LogP contribution < -0.4 is 9.88 Å². The molecule has 2 rings (SSSR count). The Hall–Kier alpha value is -2.38. The zero-order valence-corrected chi connectivity index (χ0v) is 11.9. The molecule has 2 aromatic carbocycles. The van der Waals surface area contributed by atoms with E-state index in [-0.39, 0.29) is 11.3 Å². The van der Waals surface area contributed by atoms with Crippen molar-refractivity contribution in [1.29, 1.82) is 0 Å². The van der Waals surface area contributed by atoms with E-state index >= 15 is 0 Å². The average molecular weight is 336 g/mol. The fourth-order valence-corrected chi connectivity index (χ4v) is 2.30. The lowest BCUT2D eigenvalue weighted by Gasteiger charge is -2.27. The Morgan fingerprint density at radius 1 is 0.739 bits per heavy atom. The first-order valence-electron chi connectivity index (χ1n) is 6.29. The third-order valence-electron chi connectivity index (χ3n) is 3.59. The van der Waals surface area contributed by atoms with Crippen LogP contribution in [0.5, 0.6) is 11.5 Å². The molecule has 0 aliphatic rings. The Morgan fingerprint density at radius 3 is 1.61 bits per heavy atom. The van der Waals surface area contributed by atoms with Gasteiger partial charge in [-0.05, 0) is 17.7 Å². The van der Waals surface area contributed by atoms with E-state index in [1.165, 1.54) is 38.1 Å². The van der Waals surface area contributed by atoms with Gasteiger partial charge in [0.25, 0.3) is 0 Å². The number of benzene rings is 2. The van der Waals surface area contributed by atoms with E-state index in [1.807, 2.05) is 0 Å². The van der Waals surface area contributed by atoms with Crippen LogP contribution >= 0.6 is 0 Å². The maximum absolute atomic E-state index is 14.1. The molecule has 0 radical (unpaired) electrons. The molecule has 0 aromatic heterocycles. The highest BCUT2D eigenvalue weighted by molar-refractivity contribution is 5.44. The van der Waals surface area contributed by atoms with Gasteiger partial charge in [0.15, 0.2) is 17.4 Å². The molecule has 0 unspecified atom stereocenters. The zero-order valence-electron chi connectivity index (χ0n) is 11.9. The molecule has 2 aromatic rings. The van der Waals surface area contributed by atoms with Crippen molar-refractivity contribution in [3.63, 3.8) is 0 Å². The number of hydrogen-bond acceptors (Lipinski definition) is 2. The molecule has 0 aliphatic carbocycles. The highest BCUT2D eigenvalue weighted by Crippen LogP contribution is 2.40. The third-order valence-corrected chi connectivity index (χ3v) is 3.59. The summed E-state index contributed by atoms with van der Waals surface area (Å²) in [5.74, 6) is -9.50. The summed E-state index contributed by atoms with van der Waals surface area (Å²) < 4.78 is 79.6. The topological polar surface area (TPSA) is 18.5 Å². The summed E-state index contributed by atoms with van der Waals surface area (Å²) in [5, 5.41) is 0. The van der Waals surface area contributed by atoms with Gasteiger partial charge in [-0.1, -0.05) is 26.0 Å². The van der Waals surface area contributed by atoms with Gasteiger partial charge in [-0.15, -0.1) is 0 Å². The largest absolute Gasteiger partial charge is 0.294 e. The van der Waals surface area contributed by atoms with Gasteiger partial charge in [0.05, 0.1) is 0 Å². The molecular formula is C15H10F6O2. The molecular weight excluding hydrogens is 326 g/mol. The molecule has 0 saturated heterocycles. The molecule has 8 heteroatoms. The van der Waals surface area contributed by atoms with Gasteiger partial charge < -0.3 is 0 Å². The van der Waals surface area contributed by atoms with Crippen molar-refractivity contribution in [3.05, 3.63) is 58.7 Å². The summed E-state index contributed by atoms with van der Waals surface area (Å²) in [6, 6.07) is 4.86. The number of rotatable bonds is 4. The van der Waals surface area contributed by atoms with Gasteiger partial charge in [0.2, 0.25) is 17.4 Å². The second kappa shape index (κ2) is 6.02. The molecule has 0 bridgehead atoms. The highest BCUT2D eigenvalue weighted by Gasteiger charge is 2.37. The van der Waals surface area contributed by atoms with Gasteiger partial charge in [-0.25, -0.2) is 8.78 Å². The van der Waals surface area contributed by atoms with Crippen molar-refractivity contribution in [2.45, 2.75) is 19.3 Å². The summed E-state index contributed by atoms with van der Waals surface area (Å²) in [5.41, 5.74) is -2.30. The van der Waals surface area contributed by atoms with Crippen LogP contribution in [-0.2, 0) is 5.41 Å². The van der Waals surface area contributed by atoms with Crippen LogP contribution in [0.15, 0.2) is 24.3 Å². The van der Waals surface area contributed by atoms with Crippen molar-refractivity contribution in [2.24, 2.45) is 0 Å². The molecule has 0 atom stereocenters. The van der Waals surface area contributed by atoms with Crippen molar-refractivity contribution in [1.82, 2.24) is 0 Å². The van der Waals surface area contributed by atoms with Crippen LogP contribution in [0.1, 0.15) is 25.0 Å². The van der Waals surface area contributed by atoms with Crippen LogP contribution in [0.2, 0.25) is 0 Å². The predicted molar refractivity (Wildman–Crippen MR) is 68.3 cm³/mol. The van der Waals surface area contributed by atoms with Crippen LogP contribution in [0.3, 0.4) is 0 Å². The minimum atomic E-state index is -1.99. The standard InChI is InChI=1S/C15H10F6O2/c1-15(2,7-3-5-8(22-20)6-4-7)9-10(16)12(18)14(23-21)13(19)11(9)17/h3-6H,1-2H3. The maximum atomic E-state index is 14.1. The average Bonchev–Trinajstić information content (AvgIpc) is 2.53. The van der Waals surface area contributed by atoms with Gasteiger partial charge in [0, 0.05) is 20.0 Å². The van der Waals surface area contributed by atoms with Crippen molar-refractivity contribution >= 4 is 0 Å². The fraction of sp³-hybridized carbons (Fsp3) is 0.200. The quantitative estimate of drug-likeness (QED) is 0.572. The Balaban J connectivity index is 2.68. The van der Waals surface area contributed by atoms with E-state index in [0.717, 1.165) is 0 Å². The minimum Gasteiger partial charge on any atom is -0.294 e. The van der Waals surface area contributed by atoms with Gasteiger partial charge >= 0.3 is 0 Å². The van der Waals surface area contributed by atoms with E-state index in [1.54, 1.807) is 0 Å². The lowest BCUT2D eigenvalue weighted by molar-refractivity contribution is -0.0171. The Labute approximate surface area is 127 Å². The molecule has 0 saturated carbocycles. The van der Waals surface area contributed by atoms with Crippen LogP contribution in [0.4, 0.5) is 26.6 Å². The summed E-state index contributed by atoms with van der Waals surface area (Å²) in [6.45, 7) is 2.57. The molecule has 23 heavy (non-hydrogen) atoms. The lowest BCUT2D eigenvalue weighted by Crippen LogP contribution is -2.24. The Bertz CT molecular complexity index is 699. The number of halogens is 6. The molecule has 0 aliphatic heterocycles. The molecule has 0 amide bonds. The number of hydrogen-bond donors (Lipinski definition) is 0. The van der Waals surface area contributed by atoms with E-state index < -0.39 is 40.0 Å². The Morgan fingerprint density at radius 2 is 1.22 bits per heavy atom. The molecule has 0 heterocycles. The van der Waals surface area contributed by atoms with Gasteiger partial charge in [0.1, 0.15) is 0 Å². The summed E-state index contributed by atoms with van der Waals surface area (Å²) >= 11 is 0. The summed E-state index contributed by atoms with van der Waals surface area (Å²) in [7, 11) is 0. The molecule has 2 nitrogen and oxygen atoms in total. The van der Waals surface area contributed by atoms with Crippen LogP contribution in [0, 0.1) is 23.3 Å². The monoisotopic (exact) mass is 336 g/mol. The van der Waals surface area contributed by atoms with Crippen molar-refractivity contribution in [3.8, 4) is 11.5 Å². The predicted octanol–water partition coefficient (Wildman–Crippen LogP) is 5.10. The molecule has 0 N–H and O–H groups in total. The lowest BCUT2D eigenvalue weighted by atomic mass is 9.77. The first-order valence-corrected chi connectivity index (χ1v) is 6.29. The maximum Gasteiger partial charge on any atom is 0.249 e. The van der Waals surface area contributed by atoms with E-state index in [2.05, 4.69) is 9.88 Å². The van der Waals surface area contributed by atoms with E-state index in [0.29, 0.717) is 0 Å².